The van der Waals surface area contributed by atoms with E-state index in [2.05, 4.69) is 10.3 Å². The van der Waals surface area contributed by atoms with Crippen molar-refractivity contribution in [3.63, 3.8) is 0 Å². The molecule has 2 heterocycles. The number of nitrogens with zero attached hydrogens (tertiary/aromatic N) is 1. The van der Waals surface area contributed by atoms with Gasteiger partial charge < -0.3 is 14.8 Å². The van der Waals surface area contributed by atoms with E-state index in [1.165, 1.54) is 0 Å². The molecular weight excluding hydrogens is 240 g/mol. The van der Waals surface area contributed by atoms with E-state index < -0.39 is 6.10 Å². The van der Waals surface area contributed by atoms with Crippen LogP contribution in [0.5, 0.6) is 0 Å². The van der Waals surface area contributed by atoms with Crippen molar-refractivity contribution in [3.8, 4) is 0 Å². The van der Waals surface area contributed by atoms with Crippen molar-refractivity contribution < 1.29 is 9.52 Å². The van der Waals surface area contributed by atoms with Crippen LogP contribution in [0.15, 0.2) is 41.1 Å². The Hall–Kier alpha value is -1.36. The van der Waals surface area contributed by atoms with Gasteiger partial charge in [-0.1, -0.05) is 17.7 Å². The van der Waals surface area contributed by atoms with Gasteiger partial charge in [0.2, 0.25) is 0 Å². The minimum Gasteiger partial charge on any atom is -0.467 e. The molecule has 0 aliphatic heterocycles. The minimum absolute atomic E-state index is 0.427. The zero-order valence-corrected chi connectivity index (χ0v) is 9.89. The van der Waals surface area contributed by atoms with Crippen molar-refractivity contribution in [2.24, 2.45) is 0 Å². The predicted molar refractivity (Wildman–Crippen MR) is 64.6 cm³/mol. The monoisotopic (exact) mass is 252 g/mol. The molecule has 4 nitrogen and oxygen atoms in total. The van der Waals surface area contributed by atoms with Crippen LogP contribution < -0.4 is 5.32 Å². The summed E-state index contributed by atoms with van der Waals surface area (Å²) in [5, 5.41) is 13.3. The number of aliphatic hydroxyl groups is 1. The molecule has 90 valence electrons. The van der Waals surface area contributed by atoms with Gasteiger partial charge in [0.1, 0.15) is 17.0 Å². The van der Waals surface area contributed by atoms with Gasteiger partial charge >= 0.3 is 0 Å². The van der Waals surface area contributed by atoms with Gasteiger partial charge in [0.15, 0.2) is 0 Å². The van der Waals surface area contributed by atoms with Gasteiger partial charge in [-0.05, 0) is 23.8 Å². The normalized spacial score (nSPS) is 12.6. The van der Waals surface area contributed by atoms with Gasteiger partial charge in [0.25, 0.3) is 0 Å². The molecule has 0 amide bonds. The molecule has 0 aliphatic carbocycles. The largest absolute Gasteiger partial charge is 0.467 e. The van der Waals surface area contributed by atoms with Crippen LogP contribution in [0.3, 0.4) is 0 Å². The number of halogens is 1. The molecule has 2 aromatic rings. The number of aliphatic hydroxyl groups excluding tert-OH is 1. The van der Waals surface area contributed by atoms with E-state index in [1.54, 1.807) is 30.7 Å². The first kappa shape index (κ1) is 12.1. The number of aromatic nitrogens is 1. The van der Waals surface area contributed by atoms with Crippen LogP contribution in [0.25, 0.3) is 0 Å². The van der Waals surface area contributed by atoms with Crippen LogP contribution >= 0.6 is 11.6 Å². The Morgan fingerprint density at radius 2 is 2.29 bits per heavy atom. The zero-order valence-electron chi connectivity index (χ0n) is 9.14. The molecule has 0 bridgehead atoms. The summed E-state index contributed by atoms with van der Waals surface area (Å²) in [6.07, 6.45) is 2.61. The first-order valence-corrected chi connectivity index (χ1v) is 5.66. The highest BCUT2D eigenvalue weighted by Gasteiger charge is 2.09. The molecule has 0 aliphatic rings. The van der Waals surface area contributed by atoms with E-state index in [4.69, 9.17) is 16.0 Å². The van der Waals surface area contributed by atoms with Crippen LogP contribution in [0.1, 0.15) is 17.4 Å². The molecule has 2 rings (SSSR count). The predicted octanol–water partition coefficient (Wildman–Crippen LogP) is 2.15. The fourth-order valence-electron chi connectivity index (χ4n) is 1.45. The summed E-state index contributed by atoms with van der Waals surface area (Å²) in [5.74, 6) is 0.562. The second kappa shape index (κ2) is 5.82. The molecular formula is C12H13ClN2O2. The fraction of sp³-hybridized carbons (Fsp3) is 0.250. The minimum atomic E-state index is -0.634. The third-order valence-corrected chi connectivity index (χ3v) is 2.55. The summed E-state index contributed by atoms with van der Waals surface area (Å²) in [7, 11) is 0. The lowest BCUT2D eigenvalue weighted by Gasteiger charge is -2.09. The quantitative estimate of drug-likeness (QED) is 0.801. The average molecular weight is 253 g/mol. The fourth-order valence-corrected chi connectivity index (χ4v) is 1.56. The summed E-state index contributed by atoms with van der Waals surface area (Å²) in [6, 6.07) is 7.13. The van der Waals surface area contributed by atoms with Gasteiger partial charge in [-0.2, -0.15) is 0 Å². The molecule has 2 aromatic heterocycles. The molecule has 17 heavy (non-hydrogen) atoms. The summed E-state index contributed by atoms with van der Waals surface area (Å²) < 4.78 is 5.09. The van der Waals surface area contributed by atoms with Crippen LogP contribution in [-0.4, -0.2) is 16.6 Å². The average Bonchev–Trinajstić information content (AvgIpc) is 2.85. The summed E-state index contributed by atoms with van der Waals surface area (Å²) in [4.78, 5) is 3.97. The Bertz CT molecular complexity index is 442. The molecule has 5 heteroatoms. The third-order valence-electron chi connectivity index (χ3n) is 2.33. The van der Waals surface area contributed by atoms with Gasteiger partial charge in [0.05, 0.1) is 6.26 Å². The molecule has 1 unspecified atom stereocenters. The second-order valence-corrected chi connectivity index (χ2v) is 4.04. The second-order valence-electron chi connectivity index (χ2n) is 3.65. The smallest absolute Gasteiger partial charge is 0.133 e. The zero-order chi connectivity index (χ0) is 12.1. The van der Waals surface area contributed by atoms with Crippen molar-refractivity contribution in [3.05, 3.63) is 53.2 Å². The molecule has 2 N–H and O–H groups in total. The van der Waals surface area contributed by atoms with Crippen molar-refractivity contribution in [1.29, 1.82) is 0 Å². The Morgan fingerprint density at radius 1 is 1.41 bits per heavy atom. The first-order chi connectivity index (χ1) is 8.25. The third kappa shape index (κ3) is 3.56. The first-order valence-electron chi connectivity index (χ1n) is 5.28. The maximum absolute atomic E-state index is 9.74. The number of hydrogen-bond acceptors (Lipinski definition) is 4. The highest BCUT2D eigenvalue weighted by atomic mass is 35.5. The Kier molecular flexibility index (Phi) is 4.14. The molecule has 0 spiro atoms. The number of nitrogens with one attached hydrogen (secondary N) is 1. The topological polar surface area (TPSA) is 58.3 Å². The van der Waals surface area contributed by atoms with Crippen LogP contribution in [0.2, 0.25) is 5.15 Å². The SMILES string of the molecule is OC(CNCc1ccc(Cl)nc1)c1ccco1. The Balaban J connectivity index is 1.78. The highest BCUT2D eigenvalue weighted by Crippen LogP contribution is 2.12. The molecule has 0 fully saturated rings. The van der Waals surface area contributed by atoms with Crippen LogP contribution in [0, 0.1) is 0 Å². The van der Waals surface area contributed by atoms with E-state index in [0.717, 1.165) is 5.56 Å². The lowest BCUT2D eigenvalue weighted by Crippen LogP contribution is -2.20. The van der Waals surface area contributed by atoms with Crippen molar-refractivity contribution in [2.75, 3.05) is 6.54 Å². The summed E-state index contributed by atoms with van der Waals surface area (Å²) >= 11 is 5.68. The van der Waals surface area contributed by atoms with E-state index in [9.17, 15) is 5.11 Å². The maximum Gasteiger partial charge on any atom is 0.133 e. The lowest BCUT2D eigenvalue weighted by atomic mass is 10.2. The van der Waals surface area contributed by atoms with Crippen LogP contribution in [-0.2, 0) is 6.54 Å². The van der Waals surface area contributed by atoms with E-state index in [1.807, 2.05) is 6.07 Å². The molecule has 1 atom stereocenters. The maximum atomic E-state index is 9.74. The number of pyridine rings is 1. The Labute approximate surface area is 104 Å². The van der Waals surface area contributed by atoms with Gasteiger partial charge in [0, 0.05) is 19.3 Å². The van der Waals surface area contributed by atoms with Crippen LogP contribution in [0.4, 0.5) is 0 Å². The molecule has 0 radical (unpaired) electrons. The summed E-state index contributed by atoms with van der Waals surface area (Å²) in [5.41, 5.74) is 1.01. The van der Waals surface area contributed by atoms with Crippen molar-refractivity contribution in [1.82, 2.24) is 10.3 Å². The number of hydrogen-bond donors (Lipinski definition) is 2. The molecule has 0 saturated heterocycles. The van der Waals surface area contributed by atoms with Gasteiger partial charge in [-0.15, -0.1) is 0 Å². The van der Waals surface area contributed by atoms with Gasteiger partial charge in [-0.25, -0.2) is 4.98 Å². The lowest BCUT2D eigenvalue weighted by molar-refractivity contribution is 0.147. The van der Waals surface area contributed by atoms with E-state index in [0.29, 0.717) is 24.0 Å². The Morgan fingerprint density at radius 3 is 2.94 bits per heavy atom. The van der Waals surface area contributed by atoms with Gasteiger partial charge in [-0.3, -0.25) is 0 Å². The number of rotatable bonds is 5. The molecule has 0 saturated carbocycles. The van der Waals surface area contributed by atoms with E-state index >= 15 is 0 Å². The standard InChI is InChI=1S/C12H13ClN2O2/c13-12-4-3-9(7-15-12)6-14-8-10(16)11-2-1-5-17-11/h1-5,7,10,14,16H,6,8H2. The molecule has 0 aromatic carbocycles. The van der Waals surface area contributed by atoms with E-state index in [-0.39, 0.29) is 0 Å². The van der Waals surface area contributed by atoms with Crippen molar-refractivity contribution in [2.45, 2.75) is 12.6 Å². The highest BCUT2D eigenvalue weighted by molar-refractivity contribution is 6.29. The van der Waals surface area contributed by atoms with Crippen molar-refractivity contribution >= 4 is 11.6 Å². The summed E-state index contributed by atoms with van der Waals surface area (Å²) in [6.45, 7) is 1.05. The number of furan rings is 1.